The lowest BCUT2D eigenvalue weighted by Crippen LogP contribution is -2.48. The Morgan fingerprint density at radius 2 is 2.40 bits per heavy atom. The summed E-state index contributed by atoms with van der Waals surface area (Å²) < 4.78 is 0. The third-order valence-electron chi connectivity index (χ3n) is 2.45. The van der Waals surface area contributed by atoms with Gasteiger partial charge in [0.05, 0.1) is 5.92 Å². The Hall–Kier alpha value is -1.91. The number of rotatable bonds is 2. The number of nitrogens with one attached hydrogen (secondary N) is 1. The third kappa shape index (κ3) is 1.81. The van der Waals surface area contributed by atoms with E-state index >= 15 is 0 Å². The van der Waals surface area contributed by atoms with Crippen LogP contribution in [-0.2, 0) is 4.79 Å². The van der Waals surface area contributed by atoms with Crippen molar-refractivity contribution in [2.45, 2.75) is 5.92 Å². The van der Waals surface area contributed by atoms with Crippen molar-refractivity contribution in [2.24, 2.45) is 0 Å². The predicted molar refractivity (Wildman–Crippen MR) is 54.4 cm³/mol. The van der Waals surface area contributed by atoms with Crippen LogP contribution >= 0.6 is 0 Å². The Bertz CT molecular complexity index is 446. The molecule has 1 aliphatic heterocycles. The summed E-state index contributed by atoms with van der Waals surface area (Å²) in [6.45, 7) is 4.60. The highest BCUT2D eigenvalue weighted by atomic mass is 16.2. The van der Waals surface area contributed by atoms with Gasteiger partial charge in [-0.25, -0.2) is 4.98 Å². The fourth-order valence-electron chi connectivity index (χ4n) is 1.55. The molecule has 1 saturated heterocycles. The van der Waals surface area contributed by atoms with Crippen LogP contribution in [0.3, 0.4) is 0 Å². The molecule has 0 aliphatic carbocycles. The molecule has 0 unspecified atom stereocenters. The van der Waals surface area contributed by atoms with Crippen LogP contribution in [0, 0.1) is 0 Å². The molecule has 0 bridgehead atoms. The number of carbonyl (C=O) groups is 1. The van der Waals surface area contributed by atoms with Gasteiger partial charge in [0.2, 0.25) is 5.91 Å². The van der Waals surface area contributed by atoms with Crippen molar-refractivity contribution >= 4 is 5.91 Å². The molecular weight excluding hydrogens is 194 g/mol. The largest absolute Gasteiger partial charge is 0.338 e. The lowest BCUT2D eigenvalue weighted by molar-refractivity contribution is -0.130. The highest BCUT2D eigenvalue weighted by Crippen LogP contribution is 2.23. The molecule has 78 valence electrons. The molecular formula is C10H11N3O2. The van der Waals surface area contributed by atoms with Gasteiger partial charge in [-0.05, 0) is 6.08 Å². The van der Waals surface area contributed by atoms with Gasteiger partial charge in [-0.3, -0.25) is 9.59 Å². The zero-order valence-corrected chi connectivity index (χ0v) is 8.14. The fraction of sp³-hybridized carbons (Fsp3) is 0.300. The SMILES string of the molecule is C=CC(=O)N1CC(c2nccc(=O)[nH]2)C1. The van der Waals surface area contributed by atoms with Crippen molar-refractivity contribution in [2.75, 3.05) is 13.1 Å². The van der Waals surface area contributed by atoms with Gasteiger partial charge in [0.15, 0.2) is 0 Å². The third-order valence-corrected chi connectivity index (χ3v) is 2.45. The van der Waals surface area contributed by atoms with Crippen molar-refractivity contribution in [3.8, 4) is 0 Å². The summed E-state index contributed by atoms with van der Waals surface area (Å²) in [4.78, 5) is 30.5. The lowest BCUT2D eigenvalue weighted by atomic mass is 9.99. The van der Waals surface area contributed by atoms with Gasteiger partial charge in [-0.1, -0.05) is 6.58 Å². The number of aromatic nitrogens is 2. The molecule has 0 atom stereocenters. The van der Waals surface area contributed by atoms with Gasteiger partial charge in [-0.15, -0.1) is 0 Å². The van der Waals surface area contributed by atoms with E-state index < -0.39 is 0 Å². The molecule has 1 fully saturated rings. The van der Waals surface area contributed by atoms with Crippen LogP contribution in [0.25, 0.3) is 0 Å². The monoisotopic (exact) mass is 205 g/mol. The number of hydrogen-bond donors (Lipinski definition) is 1. The summed E-state index contributed by atoms with van der Waals surface area (Å²) in [6.07, 6.45) is 2.77. The molecule has 5 nitrogen and oxygen atoms in total. The zero-order chi connectivity index (χ0) is 10.8. The Morgan fingerprint density at radius 3 is 3.00 bits per heavy atom. The highest BCUT2D eigenvalue weighted by molar-refractivity contribution is 5.87. The van der Waals surface area contributed by atoms with Gasteiger partial charge in [0, 0.05) is 25.4 Å². The maximum absolute atomic E-state index is 11.2. The highest BCUT2D eigenvalue weighted by Gasteiger charge is 2.31. The van der Waals surface area contributed by atoms with E-state index in [0.29, 0.717) is 18.9 Å². The number of H-pyrrole nitrogens is 1. The van der Waals surface area contributed by atoms with E-state index in [1.165, 1.54) is 18.3 Å². The summed E-state index contributed by atoms with van der Waals surface area (Å²) in [7, 11) is 0. The van der Waals surface area contributed by atoms with E-state index in [0.717, 1.165) is 0 Å². The van der Waals surface area contributed by atoms with E-state index in [-0.39, 0.29) is 17.4 Å². The molecule has 1 amide bonds. The van der Waals surface area contributed by atoms with Crippen LogP contribution in [0.1, 0.15) is 11.7 Å². The Balaban J connectivity index is 2.03. The van der Waals surface area contributed by atoms with E-state index in [2.05, 4.69) is 16.5 Å². The Kier molecular flexibility index (Phi) is 2.37. The second-order valence-corrected chi connectivity index (χ2v) is 3.46. The molecule has 1 N–H and O–H groups in total. The van der Waals surface area contributed by atoms with E-state index in [1.54, 1.807) is 4.90 Å². The van der Waals surface area contributed by atoms with Gasteiger partial charge in [-0.2, -0.15) is 0 Å². The number of aromatic amines is 1. The minimum atomic E-state index is -0.159. The second-order valence-electron chi connectivity index (χ2n) is 3.46. The van der Waals surface area contributed by atoms with Crippen molar-refractivity contribution in [1.29, 1.82) is 0 Å². The molecule has 5 heteroatoms. The van der Waals surface area contributed by atoms with E-state index in [1.807, 2.05) is 0 Å². The summed E-state index contributed by atoms with van der Waals surface area (Å²) in [5.74, 6) is 0.711. The maximum atomic E-state index is 11.2. The molecule has 0 aromatic carbocycles. The maximum Gasteiger partial charge on any atom is 0.250 e. The van der Waals surface area contributed by atoms with Crippen LogP contribution < -0.4 is 5.56 Å². The molecule has 0 radical (unpaired) electrons. The van der Waals surface area contributed by atoms with Gasteiger partial charge in [0.25, 0.3) is 5.56 Å². The smallest absolute Gasteiger partial charge is 0.250 e. The normalized spacial score (nSPS) is 15.9. The predicted octanol–water partition coefficient (Wildman–Crippen LogP) is -0.118. The Labute approximate surface area is 86.4 Å². The van der Waals surface area contributed by atoms with Crippen LogP contribution in [0.2, 0.25) is 0 Å². The quantitative estimate of drug-likeness (QED) is 0.684. The first-order chi connectivity index (χ1) is 7.20. The molecule has 0 saturated carbocycles. The molecule has 0 spiro atoms. The van der Waals surface area contributed by atoms with Crippen LogP contribution in [-0.4, -0.2) is 33.9 Å². The molecule has 1 aliphatic rings. The number of carbonyl (C=O) groups excluding carboxylic acids is 1. The number of amides is 1. The summed E-state index contributed by atoms with van der Waals surface area (Å²) in [5, 5.41) is 0. The first-order valence-corrected chi connectivity index (χ1v) is 4.67. The number of nitrogens with zero attached hydrogens (tertiary/aromatic N) is 2. The summed E-state index contributed by atoms with van der Waals surface area (Å²) in [6, 6.07) is 1.37. The summed E-state index contributed by atoms with van der Waals surface area (Å²) >= 11 is 0. The van der Waals surface area contributed by atoms with Crippen molar-refractivity contribution in [3.63, 3.8) is 0 Å². The minimum absolute atomic E-state index is 0.0791. The fourth-order valence-corrected chi connectivity index (χ4v) is 1.55. The van der Waals surface area contributed by atoms with Crippen LogP contribution in [0.15, 0.2) is 29.7 Å². The van der Waals surface area contributed by atoms with Crippen molar-refractivity contribution in [3.05, 3.63) is 41.1 Å². The molecule has 1 aromatic rings. The number of likely N-dealkylation sites (tertiary alicyclic amines) is 1. The molecule has 1 aromatic heterocycles. The van der Waals surface area contributed by atoms with Crippen LogP contribution in [0.5, 0.6) is 0 Å². The summed E-state index contributed by atoms with van der Waals surface area (Å²) in [5.41, 5.74) is -0.159. The molecule has 2 rings (SSSR count). The van der Waals surface area contributed by atoms with Crippen LogP contribution in [0.4, 0.5) is 0 Å². The Morgan fingerprint density at radius 1 is 1.67 bits per heavy atom. The first-order valence-electron chi connectivity index (χ1n) is 4.67. The average Bonchev–Trinajstić information content (AvgIpc) is 2.15. The van der Waals surface area contributed by atoms with Crippen molar-refractivity contribution in [1.82, 2.24) is 14.9 Å². The first kappa shape index (κ1) is 9.64. The van der Waals surface area contributed by atoms with Gasteiger partial charge < -0.3 is 9.88 Å². The van der Waals surface area contributed by atoms with Gasteiger partial charge >= 0.3 is 0 Å². The number of hydrogen-bond acceptors (Lipinski definition) is 3. The molecule has 2 heterocycles. The van der Waals surface area contributed by atoms with Crippen molar-refractivity contribution < 1.29 is 4.79 Å². The minimum Gasteiger partial charge on any atom is -0.338 e. The van der Waals surface area contributed by atoms with E-state index in [9.17, 15) is 9.59 Å². The lowest BCUT2D eigenvalue weighted by Gasteiger charge is -2.37. The topological polar surface area (TPSA) is 66.1 Å². The standard InChI is InChI=1S/C10H11N3O2/c1-2-9(15)13-5-7(6-13)10-11-4-3-8(14)12-10/h2-4,7H,1,5-6H2,(H,11,12,14). The zero-order valence-electron chi connectivity index (χ0n) is 8.14. The molecule has 15 heavy (non-hydrogen) atoms. The second kappa shape index (κ2) is 3.68. The van der Waals surface area contributed by atoms with Gasteiger partial charge in [0.1, 0.15) is 5.82 Å². The van der Waals surface area contributed by atoms with E-state index in [4.69, 9.17) is 0 Å². The average molecular weight is 205 g/mol.